The first-order valence-corrected chi connectivity index (χ1v) is 7.52. The molecule has 2 saturated carbocycles. The van der Waals surface area contributed by atoms with Gasteiger partial charge in [-0.3, -0.25) is 9.59 Å². The Morgan fingerprint density at radius 2 is 1.95 bits per heavy atom. The van der Waals surface area contributed by atoms with Gasteiger partial charge in [0.2, 0.25) is 5.91 Å². The lowest BCUT2D eigenvalue weighted by molar-refractivity contribution is -0.122. The van der Waals surface area contributed by atoms with Crippen molar-refractivity contribution in [2.75, 3.05) is 0 Å². The SMILES string of the molecule is O=C(Cn1ncc(Cl)c(Cl)c1=O)NC(C1CC1)C1CC1. The van der Waals surface area contributed by atoms with Crippen LogP contribution >= 0.6 is 23.2 Å². The third-order valence-electron chi connectivity index (χ3n) is 3.82. The van der Waals surface area contributed by atoms with Gasteiger partial charge in [0, 0.05) is 6.04 Å². The van der Waals surface area contributed by atoms with Gasteiger partial charge >= 0.3 is 0 Å². The molecule has 0 aliphatic heterocycles. The molecule has 0 unspecified atom stereocenters. The molecular formula is C13H15Cl2N3O2. The minimum Gasteiger partial charge on any atom is -0.351 e. The van der Waals surface area contributed by atoms with Crippen molar-refractivity contribution in [3.05, 3.63) is 26.6 Å². The molecule has 0 atom stereocenters. The number of nitrogens with one attached hydrogen (secondary N) is 1. The van der Waals surface area contributed by atoms with Gasteiger partial charge in [-0.25, -0.2) is 4.68 Å². The molecule has 7 heteroatoms. The average molecular weight is 316 g/mol. The van der Waals surface area contributed by atoms with Gasteiger partial charge in [-0.1, -0.05) is 23.2 Å². The predicted octanol–water partition coefficient (Wildman–Crippen LogP) is 1.85. The molecule has 1 aromatic rings. The molecule has 0 spiro atoms. The van der Waals surface area contributed by atoms with Crippen molar-refractivity contribution < 1.29 is 4.79 Å². The second-order valence-corrected chi connectivity index (χ2v) is 6.32. The molecule has 20 heavy (non-hydrogen) atoms. The molecule has 2 fully saturated rings. The first-order chi connectivity index (χ1) is 9.56. The number of nitrogens with zero attached hydrogens (tertiary/aromatic N) is 2. The molecule has 0 aromatic carbocycles. The first-order valence-electron chi connectivity index (χ1n) is 6.76. The van der Waals surface area contributed by atoms with Crippen LogP contribution in [0, 0.1) is 11.8 Å². The van der Waals surface area contributed by atoms with Crippen LogP contribution in [0.25, 0.3) is 0 Å². The van der Waals surface area contributed by atoms with Gasteiger partial charge in [0.25, 0.3) is 5.56 Å². The normalized spacial score (nSPS) is 18.4. The number of amides is 1. The van der Waals surface area contributed by atoms with E-state index in [2.05, 4.69) is 10.4 Å². The van der Waals surface area contributed by atoms with E-state index in [4.69, 9.17) is 23.2 Å². The Hall–Kier alpha value is -1.07. The summed E-state index contributed by atoms with van der Waals surface area (Å²) in [6.45, 7) is -0.119. The van der Waals surface area contributed by atoms with E-state index in [1.54, 1.807) is 0 Å². The maximum Gasteiger partial charge on any atom is 0.287 e. The molecule has 1 heterocycles. The number of hydrogen-bond donors (Lipinski definition) is 1. The lowest BCUT2D eigenvalue weighted by Gasteiger charge is -2.17. The summed E-state index contributed by atoms with van der Waals surface area (Å²) in [5, 5.41) is 6.87. The molecule has 1 aromatic heterocycles. The van der Waals surface area contributed by atoms with Crippen LogP contribution in [0.2, 0.25) is 10.0 Å². The van der Waals surface area contributed by atoms with Crippen molar-refractivity contribution in [3.63, 3.8) is 0 Å². The van der Waals surface area contributed by atoms with Crippen molar-refractivity contribution in [2.45, 2.75) is 38.3 Å². The van der Waals surface area contributed by atoms with Gasteiger partial charge in [0.1, 0.15) is 11.6 Å². The molecule has 0 saturated heterocycles. The number of aromatic nitrogens is 2. The number of rotatable bonds is 5. The average Bonchev–Trinajstić information content (AvgIpc) is 3.28. The monoisotopic (exact) mass is 315 g/mol. The van der Waals surface area contributed by atoms with E-state index >= 15 is 0 Å². The summed E-state index contributed by atoms with van der Waals surface area (Å²) in [6.07, 6.45) is 6.02. The molecule has 2 aliphatic rings. The second-order valence-electron chi connectivity index (χ2n) is 5.54. The maximum absolute atomic E-state index is 12.0. The van der Waals surface area contributed by atoms with E-state index in [0.29, 0.717) is 11.8 Å². The summed E-state index contributed by atoms with van der Waals surface area (Å²) in [6, 6.07) is 0.265. The lowest BCUT2D eigenvalue weighted by atomic mass is 10.1. The summed E-state index contributed by atoms with van der Waals surface area (Å²) in [7, 11) is 0. The van der Waals surface area contributed by atoms with Crippen LogP contribution in [0.3, 0.4) is 0 Å². The molecule has 0 bridgehead atoms. The zero-order chi connectivity index (χ0) is 14.3. The highest BCUT2D eigenvalue weighted by atomic mass is 35.5. The Kier molecular flexibility index (Phi) is 3.73. The zero-order valence-electron chi connectivity index (χ0n) is 10.8. The number of carbonyl (C=O) groups excluding carboxylic acids is 1. The van der Waals surface area contributed by atoms with Crippen molar-refractivity contribution >= 4 is 29.1 Å². The van der Waals surface area contributed by atoms with Crippen molar-refractivity contribution in [2.24, 2.45) is 11.8 Å². The predicted molar refractivity (Wildman–Crippen MR) is 75.9 cm³/mol. The van der Waals surface area contributed by atoms with E-state index in [0.717, 1.165) is 4.68 Å². The standard InChI is InChI=1S/C13H15Cl2N3O2/c14-9-5-16-18(13(20)11(9)15)6-10(19)17-12(7-1-2-7)8-3-4-8/h5,7-8,12H,1-4,6H2,(H,17,19). The van der Waals surface area contributed by atoms with E-state index in [1.165, 1.54) is 31.9 Å². The molecule has 0 radical (unpaired) electrons. The van der Waals surface area contributed by atoms with Crippen molar-refractivity contribution in [1.29, 1.82) is 0 Å². The summed E-state index contributed by atoms with van der Waals surface area (Å²) >= 11 is 11.5. The Bertz CT molecular complexity index is 582. The van der Waals surface area contributed by atoms with Gasteiger partial charge in [0.05, 0.1) is 11.2 Å². The minimum absolute atomic E-state index is 0.0992. The summed E-state index contributed by atoms with van der Waals surface area (Å²) in [4.78, 5) is 23.9. The van der Waals surface area contributed by atoms with Crippen molar-refractivity contribution in [1.82, 2.24) is 15.1 Å². The van der Waals surface area contributed by atoms with Gasteiger partial charge in [0.15, 0.2) is 0 Å². The summed E-state index contributed by atoms with van der Waals surface area (Å²) in [5.74, 6) is 1.04. The smallest absolute Gasteiger partial charge is 0.287 e. The number of halogens is 2. The van der Waals surface area contributed by atoms with E-state index in [1.807, 2.05) is 0 Å². The Morgan fingerprint density at radius 3 is 2.50 bits per heavy atom. The quantitative estimate of drug-likeness (QED) is 0.902. The highest BCUT2D eigenvalue weighted by molar-refractivity contribution is 6.41. The van der Waals surface area contributed by atoms with Gasteiger partial charge in [-0.15, -0.1) is 0 Å². The third kappa shape index (κ3) is 2.99. The van der Waals surface area contributed by atoms with E-state index < -0.39 is 5.56 Å². The molecule has 1 N–H and O–H groups in total. The minimum atomic E-state index is -0.538. The Balaban J connectivity index is 1.66. The van der Waals surface area contributed by atoms with Crippen LogP contribution in [-0.2, 0) is 11.3 Å². The van der Waals surface area contributed by atoms with Crippen molar-refractivity contribution in [3.8, 4) is 0 Å². The molecule has 5 nitrogen and oxygen atoms in total. The first kappa shape index (κ1) is 13.9. The van der Waals surface area contributed by atoms with Crippen LogP contribution in [0.15, 0.2) is 11.0 Å². The molecular weight excluding hydrogens is 301 g/mol. The van der Waals surface area contributed by atoms with Gasteiger partial charge in [-0.05, 0) is 37.5 Å². The van der Waals surface area contributed by atoms with Crippen LogP contribution in [-0.4, -0.2) is 21.7 Å². The summed E-state index contributed by atoms with van der Waals surface area (Å²) < 4.78 is 1.04. The summed E-state index contributed by atoms with van der Waals surface area (Å²) in [5.41, 5.74) is -0.538. The van der Waals surface area contributed by atoms with Gasteiger partial charge in [-0.2, -0.15) is 5.10 Å². The van der Waals surface area contributed by atoms with Crippen LogP contribution < -0.4 is 10.9 Å². The highest BCUT2D eigenvalue weighted by Gasteiger charge is 2.42. The fraction of sp³-hybridized carbons (Fsp3) is 0.615. The fourth-order valence-corrected chi connectivity index (χ4v) is 2.73. The number of hydrogen-bond acceptors (Lipinski definition) is 3. The largest absolute Gasteiger partial charge is 0.351 e. The Labute approximate surface area is 126 Å². The second kappa shape index (κ2) is 5.37. The highest BCUT2D eigenvalue weighted by Crippen LogP contribution is 2.44. The topological polar surface area (TPSA) is 64.0 Å². The molecule has 2 aliphatic carbocycles. The van der Waals surface area contributed by atoms with Crippen LogP contribution in [0.4, 0.5) is 0 Å². The van der Waals surface area contributed by atoms with Crippen LogP contribution in [0.5, 0.6) is 0 Å². The lowest BCUT2D eigenvalue weighted by Crippen LogP contribution is -2.41. The Morgan fingerprint density at radius 1 is 1.35 bits per heavy atom. The van der Waals surface area contributed by atoms with E-state index in [9.17, 15) is 9.59 Å². The number of carbonyl (C=O) groups is 1. The molecule has 1 amide bonds. The maximum atomic E-state index is 12.0. The molecule has 3 rings (SSSR count). The van der Waals surface area contributed by atoms with E-state index in [-0.39, 0.29) is 28.5 Å². The zero-order valence-corrected chi connectivity index (χ0v) is 12.3. The van der Waals surface area contributed by atoms with Crippen LogP contribution in [0.1, 0.15) is 25.7 Å². The third-order valence-corrected chi connectivity index (χ3v) is 4.57. The van der Waals surface area contributed by atoms with Gasteiger partial charge < -0.3 is 5.32 Å². The fourth-order valence-electron chi connectivity index (χ4n) is 2.46. The molecule has 108 valence electrons.